The molecule has 0 bridgehead atoms. The van der Waals surface area contributed by atoms with Crippen LogP contribution in [-0.4, -0.2) is 4.57 Å². The maximum atomic E-state index is 6.80. The lowest BCUT2D eigenvalue weighted by Crippen LogP contribution is -2.12. The van der Waals surface area contributed by atoms with Crippen LogP contribution in [0.25, 0.3) is 93.2 Å². The van der Waals surface area contributed by atoms with Gasteiger partial charge in [-0.15, -0.1) is 0 Å². The van der Waals surface area contributed by atoms with Gasteiger partial charge >= 0.3 is 0 Å². The molecule has 3 heteroatoms. The first-order valence-electron chi connectivity index (χ1n) is 20.2. The van der Waals surface area contributed by atoms with Crippen LogP contribution in [0.4, 0.5) is 17.1 Å². The van der Waals surface area contributed by atoms with Crippen molar-refractivity contribution in [2.24, 2.45) is 0 Å². The maximum absolute atomic E-state index is 6.80. The predicted octanol–water partition coefficient (Wildman–Crippen LogP) is 15.8. The van der Waals surface area contributed by atoms with Gasteiger partial charge in [-0.1, -0.05) is 170 Å². The smallest absolute Gasteiger partial charge is 0.159 e. The van der Waals surface area contributed by atoms with Crippen molar-refractivity contribution < 1.29 is 4.42 Å². The van der Waals surface area contributed by atoms with E-state index in [0.717, 1.165) is 50.3 Å². The average molecular weight is 753 g/mol. The molecule has 0 amide bonds. The van der Waals surface area contributed by atoms with Gasteiger partial charge in [0.25, 0.3) is 0 Å². The number of furan rings is 1. The zero-order valence-electron chi connectivity index (χ0n) is 32.1. The molecule has 0 saturated carbocycles. The minimum atomic E-state index is 0.849. The van der Waals surface area contributed by atoms with E-state index in [0.29, 0.717) is 0 Å². The van der Waals surface area contributed by atoms with Crippen LogP contribution in [0.5, 0.6) is 0 Å². The molecule has 0 atom stereocenters. The van der Waals surface area contributed by atoms with Gasteiger partial charge in [0.1, 0.15) is 5.58 Å². The average Bonchev–Trinajstić information content (AvgIpc) is 3.86. The summed E-state index contributed by atoms with van der Waals surface area (Å²) < 4.78 is 9.25. The van der Waals surface area contributed by atoms with Gasteiger partial charge in [0, 0.05) is 38.4 Å². The summed E-state index contributed by atoms with van der Waals surface area (Å²) in [6.45, 7) is 0. The monoisotopic (exact) mass is 752 g/mol. The second-order valence-corrected chi connectivity index (χ2v) is 15.2. The van der Waals surface area contributed by atoms with Crippen LogP contribution in [0.15, 0.2) is 223 Å². The molecule has 0 N–H and O–H groups in total. The number of rotatable bonds is 6. The van der Waals surface area contributed by atoms with Crippen LogP contribution in [0.3, 0.4) is 0 Å². The molecule has 0 aliphatic carbocycles. The highest BCUT2D eigenvalue weighted by molar-refractivity contribution is 6.14. The second-order valence-electron chi connectivity index (χ2n) is 15.2. The number of hydrogen-bond acceptors (Lipinski definition) is 2. The third kappa shape index (κ3) is 5.22. The first kappa shape index (κ1) is 33.3. The van der Waals surface area contributed by atoms with Crippen LogP contribution in [0.2, 0.25) is 0 Å². The fourth-order valence-electron chi connectivity index (χ4n) is 9.38. The number of hydrogen-bond donors (Lipinski definition) is 0. The number of aromatic nitrogens is 1. The quantitative estimate of drug-likeness (QED) is 0.169. The number of para-hydroxylation sites is 5. The highest BCUT2D eigenvalue weighted by Gasteiger charge is 2.25. The van der Waals surface area contributed by atoms with Crippen molar-refractivity contribution in [3.63, 3.8) is 0 Å². The lowest BCUT2D eigenvalue weighted by molar-refractivity contribution is 0.669. The van der Waals surface area contributed by atoms with Crippen LogP contribution >= 0.6 is 0 Å². The normalized spacial score (nSPS) is 11.7. The molecule has 12 aromatic rings. The van der Waals surface area contributed by atoms with Crippen LogP contribution < -0.4 is 4.90 Å². The van der Waals surface area contributed by atoms with Gasteiger partial charge in [0.15, 0.2) is 5.58 Å². The molecule has 0 radical (unpaired) electrons. The highest BCUT2D eigenvalue weighted by atomic mass is 16.3. The molecule has 3 nitrogen and oxygen atoms in total. The van der Waals surface area contributed by atoms with E-state index in [1.807, 2.05) is 6.07 Å². The number of benzene rings is 10. The zero-order valence-corrected chi connectivity index (χ0v) is 32.1. The Morgan fingerprint density at radius 2 is 0.898 bits per heavy atom. The number of fused-ring (bicyclic) bond motifs is 8. The standard InChI is InChI=1S/C56H36N2O/c1-3-18-41-37(15-1)17-13-24-42(41)39-31-34-40(35-32-39)57(53-29-14-25-47-46-22-8-12-30-54(46)59-56(47)53)51-28-11-7-23-48(51)55-43-19-4-2-16-38(43)33-36-52(55)58-49-26-9-5-20-44(49)45-21-6-10-27-50(45)58/h1-36H. The lowest BCUT2D eigenvalue weighted by atomic mass is 9.93. The van der Waals surface area contributed by atoms with Crippen molar-refractivity contribution in [1.82, 2.24) is 4.57 Å². The highest BCUT2D eigenvalue weighted by Crippen LogP contribution is 2.49. The molecule has 0 aliphatic rings. The predicted molar refractivity (Wildman–Crippen MR) is 249 cm³/mol. The van der Waals surface area contributed by atoms with E-state index in [1.54, 1.807) is 0 Å². The first-order chi connectivity index (χ1) is 29.3. The van der Waals surface area contributed by atoms with Crippen molar-refractivity contribution in [3.05, 3.63) is 218 Å². The third-order valence-corrected chi connectivity index (χ3v) is 12.0. The summed E-state index contributed by atoms with van der Waals surface area (Å²) in [4.78, 5) is 2.39. The Morgan fingerprint density at radius 3 is 1.68 bits per heavy atom. The minimum absolute atomic E-state index is 0.849. The second kappa shape index (κ2) is 13.4. The van der Waals surface area contributed by atoms with Gasteiger partial charge in [-0.05, 0) is 81.2 Å². The maximum Gasteiger partial charge on any atom is 0.159 e. The van der Waals surface area contributed by atoms with E-state index in [9.17, 15) is 0 Å². The molecule has 0 fully saturated rings. The van der Waals surface area contributed by atoms with Crippen LogP contribution in [-0.2, 0) is 0 Å². The molecule has 0 saturated heterocycles. The topological polar surface area (TPSA) is 21.3 Å². The van der Waals surface area contributed by atoms with Gasteiger partial charge in [-0.3, -0.25) is 0 Å². The van der Waals surface area contributed by atoms with Crippen molar-refractivity contribution in [3.8, 4) is 27.9 Å². The summed E-state index contributed by atoms with van der Waals surface area (Å²) in [5.74, 6) is 0. The summed E-state index contributed by atoms with van der Waals surface area (Å²) in [6, 6.07) is 78.7. The van der Waals surface area contributed by atoms with Gasteiger partial charge in [-0.2, -0.15) is 0 Å². The molecule has 12 rings (SSSR count). The van der Waals surface area contributed by atoms with Crippen molar-refractivity contribution in [2.45, 2.75) is 0 Å². The Morgan fingerprint density at radius 1 is 0.356 bits per heavy atom. The van der Waals surface area contributed by atoms with Gasteiger partial charge in [0.05, 0.1) is 28.1 Å². The number of anilines is 3. The summed E-state index contributed by atoms with van der Waals surface area (Å²) in [6.07, 6.45) is 0. The van der Waals surface area contributed by atoms with Crippen molar-refractivity contribution in [1.29, 1.82) is 0 Å². The van der Waals surface area contributed by atoms with E-state index < -0.39 is 0 Å². The molecule has 59 heavy (non-hydrogen) atoms. The fraction of sp³-hybridized carbons (Fsp3) is 0. The summed E-state index contributed by atoms with van der Waals surface area (Å²) >= 11 is 0. The summed E-state index contributed by atoms with van der Waals surface area (Å²) in [5.41, 5.74) is 12.9. The minimum Gasteiger partial charge on any atom is -0.454 e. The van der Waals surface area contributed by atoms with Gasteiger partial charge in [-0.25, -0.2) is 0 Å². The molecule has 0 aliphatic heterocycles. The molecular weight excluding hydrogens is 717 g/mol. The molecule has 2 heterocycles. The largest absolute Gasteiger partial charge is 0.454 e. The fourth-order valence-corrected chi connectivity index (χ4v) is 9.38. The molecule has 2 aromatic heterocycles. The van der Waals surface area contributed by atoms with Gasteiger partial charge in [0.2, 0.25) is 0 Å². The molecule has 10 aromatic carbocycles. The van der Waals surface area contributed by atoms with E-state index in [4.69, 9.17) is 4.42 Å². The summed E-state index contributed by atoms with van der Waals surface area (Å²) in [7, 11) is 0. The Hall–Kier alpha value is -7.88. The number of nitrogens with zero attached hydrogens (tertiary/aromatic N) is 2. The van der Waals surface area contributed by atoms with E-state index in [2.05, 4.69) is 222 Å². The van der Waals surface area contributed by atoms with E-state index >= 15 is 0 Å². The molecule has 276 valence electrons. The van der Waals surface area contributed by atoms with Crippen molar-refractivity contribution >= 4 is 82.4 Å². The van der Waals surface area contributed by atoms with Gasteiger partial charge < -0.3 is 13.9 Å². The SMILES string of the molecule is c1ccc(N(c2ccc(-c3cccc4ccccc34)cc2)c2cccc3c2oc2ccccc23)c(-c2c(-n3c4ccccc4c4ccccc43)ccc3ccccc23)c1. The third-order valence-electron chi connectivity index (χ3n) is 12.0. The molecule has 0 unspecified atom stereocenters. The van der Waals surface area contributed by atoms with Crippen LogP contribution in [0, 0.1) is 0 Å². The first-order valence-corrected chi connectivity index (χ1v) is 20.2. The lowest BCUT2D eigenvalue weighted by Gasteiger charge is -2.29. The Bertz CT molecular complexity index is 3510. The van der Waals surface area contributed by atoms with E-state index in [-0.39, 0.29) is 0 Å². The zero-order chi connectivity index (χ0) is 38.9. The van der Waals surface area contributed by atoms with E-state index in [1.165, 1.54) is 60.0 Å². The van der Waals surface area contributed by atoms with Crippen molar-refractivity contribution in [2.75, 3.05) is 4.90 Å². The summed E-state index contributed by atoms with van der Waals surface area (Å²) in [5, 5.41) is 9.51. The Balaban J connectivity index is 1.15. The Kier molecular flexibility index (Phi) is 7.54. The Labute approximate surface area is 341 Å². The molecular formula is C56H36N2O. The van der Waals surface area contributed by atoms with Crippen LogP contribution in [0.1, 0.15) is 0 Å². The molecule has 0 spiro atoms.